The van der Waals surface area contributed by atoms with E-state index in [4.69, 9.17) is 10.5 Å². The van der Waals surface area contributed by atoms with E-state index in [9.17, 15) is 39.6 Å². The number of aryl methyl sites for hydroxylation is 2. The highest BCUT2D eigenvalue weighted by atomic mass is 16.5. The van der Waals surface area contributed by atoms with Gasteiger partial charge in [0.25, 0.3) is 5.91 Å². The zero-order valence-corrected chi connectivity index (χ0v) is 25.7. The summed E-state index contributed by atoms with van der Waals surface area (Å²) in [5.41, 5.74) is 4.03. The van der Waals surface area contributed by atoms with E-state index in [1.807, 2.05) is 19.1 Å². The van der Waals surface area contributed by atoms with Crippen molar-refractivity contribution in [2.75, 3.05) is 33.1 Å². The molecular weight excluding hydrogens is 582 g/mol. The van der Waals surface area contributed by atoms with Crippen molar-refractivity contribution in [3.05, 3.63) is 69.5 Å². The second-order valence-electron chi connectivity index (χ2n) is 12.4. The van der Waals surface area contributed by atoms with Gasteiger partial charge in [0, 0.05) is 31.3 Å². The molecule has 6 N–H and O–H groups in total. The summed E-state index contributed by atoms with van der Waals surface area (Å²) < 4.78 is 5.41. The number of Topliss-reactive ketones (excluding diaryl/α,β-unsaturated/α-hetero) is 2. The Hall–Kier alpha value is -4.68. The second-order valence-corrected chi connectivity index (χ2v) is 12.4. The monoisotopic (exact) mass is 619 g/mol. The first-order chi connectivity index (χ1) is 21.1. The predicted octanol–water partition coefficient (Wildman–Crippen LogP) is 1.88. The average molecular weight is 620 g/mol. The molecule has 1 amide bonds. The Bertz CT molecular complexity index is 1690. The van der Waals surface area contributed by atoms with E-state index in [0.717, 1.165) is 5.56 Å². The molecule has 2 aromatic carbocycles. The van der Waals surface area contributed by atoms with Crippen molar-refractivity contribution in [1.82, 2.24) is 4.90 Å². The Balaban J connectivity index is 1.57. The van der Waals surface area contributed by atoms with E-state index in [1.165, 1.54) is 4.90 Å². The molecule has 0 saturated heterocycles. The molecule has 0 bridgehead atoms. The Morgan fingerprint density at radius 1 is 1.07 bits per heavy atom. The number of amides is 1. The van der Waals surface area contributed by atoms with Gasteiger partial charge in [-0.25, -0.2) is 0 Å². The van der Waals surface area contributed by atoms with Crippen LogP contribution in [0.3, 0.4) is 0 Å². The lowest BCUT2D eigenvalue weighted by atomic mass is 9.57. The van der Waals surface area contributed by atoms with Gasteiger partial charge in [-0.05, 0) is 75.5 Å². The van der Waals surface area contributed by atoms with Crippen molar-refractivity contribution in [3.63, 3.8) is 0 Å². The number of hydrogen-bond donors (Lipinski definition) is 5. The number of carbonyl (C=O) groups excluding carboxylic acids is 4. The van der Waals surface area contributed by atoms with E-state index in [0.29, 0.717) is 22.6 Å². The number of phenolic OH excluding ortho intramolecular Hbond substituents is 1. The molecule has 45 heavy (non-hydrogen) atoms. The van der Waals surface area contributed by atoms with E-state index in [-0.39, 0.29) is 42.6 Å². The second kappa shape index (κ2) is 11.4. The van der Waals surface area contributed by atoms with Crippen LogP contribution in [0.25, 0.3) is 5.76 Å². The SMILES string of the molecule is Cc1ccc(OC(=O)CCc2cc(N(C)C)c3c(c2O)C(O)=C2C(=O)[C@]4(O)C(O)=C(C(N)=O)C(=O)[C@@H](N(C)C)[C@@H]4C[C@@H]2C3)cc1. The fourth-order valence-corrected chi connectivity index (χ4v) is 6.96. The lowest BCUT2D eigenvalue weighted by Crippen LogP contribution is -2.65. The summed E-state index contributed by atoms with van der Waals surface area (Å²) in [6, 6.07) is 7.53. The summed E-state index contributed by atoms with van der Waals surface area (Å²) in [5.74, 6) is -7.26. The number of benzene rings is 2. The number of ether oxygens (including phenoxy) is 1. The predicted molar refractivity (Wildman–Crippen MR) is 164 cm³/mol. The minimum absolute atomic E-state index is 0.00794. The van der Waals surface area contributed by atoms with Crippen LogP contribution in [0.1, 0.15) is 35.1 Å². The fourth-order valence-electron chi connectivity index (χ4n) is 6.96. The summed E-state index contributed by atoms with van der Waals surface area (Å²) in [7, 11) is 6.65. The summed E-state index contributed by atoms with van der Waals surface area (Å²) >= 11 is 0. The molecule has 1 fully saturated rings. The molecule has 12 nitrogen and oxygen atoms in total. The summed E-state index contributed by atoms with van der Waals surface area (Å²) in [6.07, 6.45) is 0.105. The third-order valence-corrected chi connectivity index (χ3v) is 9.11. The number of aliphatic hydroxyl groups excluding tert-OH is 2. The van der Waals surface area contributed by atoms with Crippen molar-refractivity contribution in [2.24, 2.45) is 17.6 Å². The van der Waals surface area contributed by atoms with Crippen LogP contribution in [-0.2, 0) is 32.0 Å². The van der Waals surface area contributed by atoms with Gasteiger partial charge in [0.15, 0.2) is 11.4 Å². The molecule has 3 aliphatic rings. The lowest BCUT2D eigenvalue weighted by molar-refractivity contribution is -0.153. The molecule has 0 spiro atoms. The Morgan fingerprint density at radius 3 is 2.29 bits per heavy atom. The van der Waals surface area contributed by atoms with Crippen LogP contribution >= 0.6 is 0 Å². The molecular formula is C33H37N3O9. The number of rotatable bonds is 7. The summed E-state index contributed by atoms with van der Waals surface area (Å²) in [6.45, 7) is 1.91. The standard InChI is InChI=1S/C33H37N3O9/c1-15-6-9-18(10-7-15)45-22(37)11-8-16-14-21(35(2)3)19-12-17-13-20-26(36(4)5)29(40)25(32(34)43)31(42)33(20,44)30(41)23(17)28(39)24(19)27(16)38/h6-7,9-10,14,17,20,26,38-39,42,44H,8,11-13H2,1-5H3,(H2,34,43)/t17-,20-,26-,33-/m0/s1. The Morgan fingerprint density at radius 2 is 1.71 bits per heavy atom. The first kappa shape index (κ1) is 31.7. The van der Waals surface area contributed by atoms with Gasteiger partial charge in [-0.1, -0.05) is 17.7 Å². The van der Waals surface area contributed by atoms with E-state index < -0.39 is 64.0 Å². The van der Waals surface area contributed by atoms with Crippen LogP contribution in [0, 0.1) is 18.8 Å². The van der Waals surface area contributed by atoms with Crippen LogP contribution < -0.4 is 15.4 Å². The minimum Gasteiger partial charge on any atom is -0.508 e. The number of primary amides is 1. The maximum absolute atomic E-state index is 14.1. The number of nitrogens with zero attached hydrogens (tertiary/aromatic N) is 2. The van der Waals surface area contributed by atoms with Crippen molar-refractivity contribution < 1.29 is 44.3 Å². The fraction of sp³-hybridized carbons (Fsp3) is 0.394. The normalized spacial score (nSPS) is 24.3. The highest BCUT2D eigenvalue weighted by Gasteiger charge is 2.64. The number of carbonyl (C=O) groups is 4. The summed E-state index contributed by atoms with van der Waals surface area (Å²) in [4.78, 5) is 55.5. The number of nitrogens with two attached hydrogens (primary N) is 1. The number of anilines is 1. The first-order valence-electron chi connectivity index (χ1n) is 14.6. The Labute approximate surface area is 260 Å². The van der Waals surface area contributed by atoms with E-state index >= 15 is 0 Å². The number of aliphatic hydroxyl groups is 3. The summed E-state index contributed by atoms with van der Waals surface area (Å²) in [5, 5.41) is 45.9. The first-order valence-corrected chi connectivity index (χ1v) is 14.6. The third kappa shape index (κ3) is 5.03. The average Bonchev–Trinajstić information content (AvgIpc) is 2.95. The van der Waals surface area contributed by atoms with Gasteiger partial charge in [0.2, 0.25) is 5.78 Å². The maximum atomic E-state index is 14.1. The topological polar surface area (TPSA) is 191 Å². The number of phenols is 1. The highest BCUT2D eigenvalue weighted by molar-refractivity contribution is 6.24. The van der Waals surface area contributed by atoms with Crippen LogP contribution in [-0.4, -0.2) is 88.6 Å². The number of likely N-dealkylation sites (N-methyl/N-ethyl adjacent to an activating group) is 1. The zero-order chi connectivity index (χ0) is 33.1. The smallest absolute Gasteiger partial charge is 0.311 e. The number of ketones is 2. The van der Waals surface area contributed by atoms with Gasteiger partial charge in [0.05, 0.1) is 18.0 Å². The molecule has 2 aromatic rings. The molecule has 5 rings (SSSR count). The molecule has 0 radical (unpaired) electrons. The molecule has 0 heterocycles. The molecule has 4 atom stereocenters. The van der Waals surface area contributed by atoms with Crippen molar-refractivity contribution >= 4 is 34.9 Å². The van der Waals surface area contributed by atoms with Crippen molar-refractivity contribution in [3.8, 4) is 11.5 Å². The van der Waals surface area contributed by atoms with Gasteiger partial charge >= 0.3 is 5.97 Å². The quantitative estimate of drug-likeness (QED) is 0.173. The van der Waals surface area contributed by atoms with Crippen LogP contribution in [0.15, 0.2) is 47.2 Å². The molecule has 238 valence electrons. The zero-order valence-electron chi connectivity index (χ0n) is 25.7. The molecule has 3 aliphatic carbocycles. The van der Waals surface area contributed by atoms with Crippen LogP contribution in [0.2, 0.25) is 0 Å². The van der Waals surface area contributed by atoms with Crippen LogP contribution in [0.5, 0.6) is 11.5 Å². The van der Waals surface area contributed by atoms with E-state index in [2.05, 4.69) is 0 Å². The third-order valence-electron chi connectivity index (χ3n) is 9.11. The number of fused-ring (bicyclic) bond motifs is 3. The number of hydrogen-bond acceptors (Lipinski definition) is 11. The number of esters is 1. The molecule has 1 saturated carbocycles. The van der Waals surface area contributed by atoms with Gasteiger partial charge in [-0.15, -0.1) is 0 Å². The van der Waals surface area contributed by atoms with Gasteiger partial charge in [-0.3, -0.25) is 24.1 Å². The van der Waals surface area contributed by atoms with Gasteiger partial charge in [-0.2, -0.15) is 0 Å². The number of aromatic hydroxyl groups is 1. The lowest BCUT2D eigenvalue weighted by Gasteiger charge is -2.50. The largest absolute Gasteiger partial charge is 0.508 e. The molecule has 0 aromatic heterocycles. The minimum atomic E-state index is -2.72. The van der Waals surface area contributed by atoms with Crippen molar-refractivity contribution in [2.45, 2.75) is 44.2 Å². The highest BCUT2D eigenvalue weighted by Crippen LogP contribution is 2.54. The Kier molecular flexibility index (Phi) is 8.01. The molecule has 12 heteroatoms. The van der Waals surface area contributed by atoms with Gasteiger partial charge < -0.3 is 35.8 Å². The van der Waals surface area contributed by atoms with E-state index in [1.54, 1.807) is 51.3 Å². The maximum Gasteiger partial charge on any atom is 0.311 e. The van der Waals surface area contributed by atoms with Gasteiger partial charge in [0.1, 0.15) is 28.6 Å². The van der Waals surface area contributed by atoms with Crippen LogP contribution in [0.4, 0.5) is 5.69 Å². The molecule has 0 unspecified atom stereocenters. The molecule has 0 aliphatic heterocycles. The van der Waals surface area contributed by atoms with Crippen molar-refractivity contribution in [1.29, 1.82) is 0 Å².